The molecule has 1 atom stereocenters. The summed E-state index contributed by atoms with van der Waals surface area (Å²) >= 11 is 0. The van der Waals surface area contributed by atoms with Crippen LogP contribution in [0.4, 0.5) is 0 Å². The van der Waals surface area contributed by atoms with Crippen LogP contribution in [0, 0.1) is 5.92 Å². The van der Waals surface area contributed by atoms with Crippen LogP contribution < -0.4 is 0 Å². The first-order valence-corrected chi connectivity index (χ1v) is 5.67. The SMILES string of the molecule is CO[Si](OC)(OC)C(O)C(C)C. The Hall–Kier alpha value is 0.0569. The molecule has 0 bridgehead atoms. The van der Waals surface area contributed by atoms with Gasteiger partial charge < -0.3 is 18.4 Å². The van der Waals surface area contributed by atoms with Crippen LogP contribution in [0.2, 0.25) is 0 Å². The molecular formula is C7H18O4Si. The lowest BCUT2D eigenvalue weighted by Gasteiger charge is -2.30. The van der Waals surface area contributed by atoms with Crippen molar-refractivity contribution in [3.8, 4) is 0 Å². The lowest BCUT2D eigenvalue weighted by molar-refractivity contribution is 0.0409. The van der Waals surface area contributed by atoms with Gasteiger partial charge in [0.2, 0.25) is 0 Å². The predicted molar refractivity (Wildman–Crippen MR) is 47.6 cm³/mol. The Labute approximate surface area is 74.8 Å². The van der Waals surface area contributed by atoms with Gasteiger partial charge in [-0.2, -0.15) is 0 Å². The molecule has 12 heavy (non-hydrogen) atoms. The quantitative estimate of drug-likeness (QED) is 0.644. The van der Waals surface area contributed by atoms with E-state index < -0.39 is 14.5 Å². The molecule has 0 aromatic heterocycles. The third-order valence-corrected chi connectivity index (χ3v) is 4.95. The molecule has 1 N–H and O–H groups in total. The first-order chi connectivity index (χ1) is 5.54. The second kappa shape index (κ2) is 4.93. The van der Waals surface area contributed by atoms with Gasteiger partial charge in [0, 0.05) is 21.3 Å². The molecule has 0 radical (unpaired) electrons. The highest BCUT2D eigenvalue weighted by molar-refractivity contribution is 6.62. The fraction of sp³-hybridized carbons (Fsp3) is 1.00. The number of rotatable bonds is 5. The van der Waals surface area contributed by atoms with Crippen LogP contribution in [0.3, 0.4) is 0 Å². The third kappa shape index (κ3) is 2.27. The Morgan fingerprint density at radius 2 is 1.33 bits per heavy atom. The maximum absolute atomic E-state index is 9.72. The molecule has 5 heteroatoms. The standard InChI is InChI=1S/C7H18O4Si/c1-6(2)7(8)12(9-3,10-4)11-5/h6-8H,1-5H3. The van der Waals surface area contributed by atoms with E-state index >= 15 is 0 Å². The zero-order valence-corrected chi connectivity index (χ0v) is 9.33. The van der Waals surface area contributed by atoms with Gasteiger partial charge in [0.15, 0.2) is 0 Å². The van der Waals surface area contributed by atoms with Crippen molar-refractivity contribution in [2.24, 2.45) is 5.92 Å². The largest absolute Gasteiger partial charge is 0.530 e. The van der Waals surface area contributed by atoms with Gasteiger partial charge in [-0.05, 0) is 5.92 Å². The van der Waals surface area contributed by atoms with Gasteiger partial charge in [-0.3, -0.25) is 0 Å². The number of hydrogen-bond donors (Lipinski definition) is 1. The lowest BCUT2D eigenvalue weighted by atomic mass is 10.2. The Morgan fingerprint density at radius 1 is 1.00 bits per heavy atom. The van der Waals surface area contributed by atoms with Crippen molar-refractivity contribution in [3.63, 3.8) is 0 Å². The molecule has 0 heterocycles. The monoisotopic (exact) mass is 194 g/mol. The molecule has 74 valence electrons. The minimum absolute atomic E-state index is 0.0662. The fourth-order valence-electron chi connectivity index (χ4n) is 1.02. The van der Waals surface area contributed by atoms with E-state index in [2.05, 4.69) is 0 Å². The zero-order valence-electron chi connectivity index (χ0n) is 8.33. The molecule has 0 aliphatic rings. The first kappa shape index (κ1) is 12.1. The van der Waals surface area contributed by atoms with Gasteiger partial charge >= 0.3 is 8.80 Å². The van der Waals surface area contributed by atoms with E-state index in [0.717, 1.165) is 0 Å². The van der Waals surface area contributed by atoms with Crippen molar-refractivity contribution in [2.75, 3.05) is 21.3 Å². The molecule has 0 spiro atoms. The Bertz CT molecular complexity index is 116. The number of hydrogen-bond acceptors (Lipinski definition) is 4. The van der Waals surface area contributed by atoms with Crippen LogP contribution >= 0.6 is 0 Å². The van der Waals surface area contributed by atoms with Crippen molar-refractivity contribution < 1.29 is 18.4 Å². The Balaban J connectivity index is 4.46. The summed E-state index contributed by atoms with van der Waals surface area (Å²) in [6.45, 7) is 3.78. The smallest absolute Gasteiger partial charge is 0.388 e. The van der Waals surface area contributed by atoms with Crippen molar-refractivity contribution in [3.05, 3.63) is 0 Å². The molecule has 0 rings (SSSR count). The molecule has 0 saturated carbocycles. The average molecular weight is 194 g/mol. The maximum atomic E-state index is 9.72. The molecule has 0 aliphatic carbocycles. The van der Waals surface area contributed by atoms with E-state index in [1.807, 2.05) is 13.8 Å². The van der Waals surface area contributed by atoms with Crippen LogP contribution in [0.15, 0.2) is 0 Å². The number of aliphatic hydroxyl groups excluding tert-OH is 1. The van der Waals surface area contributed by atoms with E-state index in [0.29, 0.717) is 0 Å². The summed E-state index contributed by atoms with van der Waals surface area (Å²) in [5.74, 6) is 0.0662. The minimum atomic E-state index is -2.83. The topological polar surface area (TPSA) is 47.9 Å². The van der Waals surface area contributed by atoms with Crippen LogP contribution in [0.1, 0.15) is 13.8 Å². The van der Waals surface area contributed by atoms with E-state index in [-0.39, 0.29) is 5.92 Å². The van der Waals surface area contributed by atoms with E-state index in [9.17, 15) is 5.11 Å². The summed E-state index contributed by atoms with van der Waals surface area (Å²) < 4.78 is 15.3. The van der Waals surface area contributed by atoms with Crippen molar-refractivity contribution in [1.29, 1.82) is 0 Å². The summed E-state index contributed by atoms with van der Waals surface area (Å²) in [5.41, 5.74) is -0.669. The normalized spacial score (nSPS) is 15.2. The molecule has 0 aliphatic heterocycles. The summed E-state index contributed by atoms with van der Waals surface area (Å²) in [7, 11) is 1.64. The van der Waals surface area contributed by atoms with Gasteiger partial charge in [0.25, 0.3) is 0 Å². The molecule has 1 unspecified atom stereocenters. The molecule has 0 amide bonds. The molecular weight excluding hydrogens is 176 g/mol. The van der Waals surface area contributed by atoms with Crippen molar-refractivity contribution >= 4 is 8.80 Å². The summed E-state index contributed by atoms with van der Waals surface area (Å²) in [6, 6.07) is 0. The van der Waals surface area contributed by atoms with Crippen LogP contribution in [0.5, 0.6) is 0 Å². The summed E-state index contributed by atoms with van der Waals surface area (Å²) in [4.78, 5) is 0. The lowest BCUT2D eigenvalue weighted by Crippen LogP contribution is -2.56. The second-order valence-corrected chi connectivity index (χ2v) is 5.93. The first-order valence-electron chi connectivity index (χ1n) is 3.87. The molecule has 4 nitrogen and oxygen atoms in total. The minimum Gasteiger partial charge on any atom is -0.388 e. The van der Waals surface area contributed by atoms with Crippen molar-refractivity contribution in [2.45, 2.75) is 19.6 Å². The second-order valence-electron chi connectivity index (χ2n) is 2.90. The van der Waals surface area contributed by atoms with E-state index in [1.54, 1.807) is 0 Å². The van der Waals surface area contributed by atoms with Gasteiger partial charge in [0.1, 0.15) is 5.73 Å². The average Bonchev–Trinajstić information content (AvgIpc) is 2.08. The highest BCUT2D eigenvalue weighted by Gasteiger charge is 2.48. The highest BCUT2D eigenvalue weighted by Crippen LogP contribution is 2.17. The van der Waals surface area contributed by atoms with Crippen LogP contribution in [-0.2, 0) is 13.3 Å². The van der Waals surface area contributed by atoms with Gasteiger partial charge in [-0.25, -0.2) is 0 Å². The predicted octanol–water partition coefficient (Wildman–Crippen LogP) is 0.421. The summed E-state index contributed by atoms with van der Waals surface area (Å²) in [5, 5.41) is 9.72. The van der Waals surface area contributed by atoms with E-state index in [4.69, 9.17) is 13.3 Å². The highest BCUT2D eigenvalue weighted by atomic mass is 28.4. The summed E-state index contributed by atoms with van der Waals surface area (Å²) in [6.07, 6.45) is 0. The zero-order chi connectivity index (χ0) is 9.78. The van der Waals surface area contributed by atoms with Crippen LogP contribution in [-0.4, -0.2) is 41.0 Å². The molecule has 0 aromatic carbocycles. The fourth-order valence-corrected chi connectivity index (χ4v) is 3.06. The Kier molecular flexibility index (Phi) is 4.96. The van der Waals surface area contributed by atoms with Gasteiger partial charge in [-0.15, -0.1) is 0 Å². The van der Waals surface area contributed by atoms with Gasteiger partial charge in [0.05, 0.1) is 0 Å². The maximum Gasteiger partial charge on any atom is 0.530 e. The third-order valence-electron chi connectivity index (χ3n) is 1.85. The molecule has 0 fully saturated rings. The molecule has 0 aromatic rings. The van der Waals surface area contributed by atoms with Crippen LogP contribution in [0.25, 0.3) is 0 Å². The van der Waals surface area contributed by atoms with E-state index in [1.165, 1.54) is 21.3 Å². The Morgan fingerprint density at radius 3 is 1.42 bits per heavy atom. The molecule has 0 saturated heterocycles. The number of aliphatic hydroxyl groups is 1. The van der Waals surface area contributed by atoms with Gasteiger partial charge in [-0.1, -0.05) is 13.8 Å². The van der Waals surface area contributed by atoms with Crippen molar-refractivity contribution in [1.82, 2.24) is 0 Å².